The van der Waals surface area contributed by atoms with E-state index in [1.165, 1.54) is 19.3 Å². The van der Waals surface area contributed by atoms with Crippen molar-refractivity contribution in [2.75, 3.05) is 6.61 Å². The summed E-state index contributed by atoms with van der Waals surface area (Å²) in [4.78, 5) is 0. The van der Waals surface area contributed by atoms with Gasteiger partial charge in [-0.3, -0.25) is 0 Å². The predicted octanol–water partition coefficient (Wildman–Crippen LogP) is 1.73. The summed E-state index contributed by atoms with van der Waals surface area (Å²) in [6.07, 6.45) is 6.33. The van der Waals surface area contributed by atoms with Crippen molar-refractivity contribution in [3.8, 4) is 0 Å². The molecule has 2 fully saturated rings. The first-order chi connectivity index (χ1) is 5.42. The van der Waals surface area contributed by atoms with Crippen LogP contribution >= 0.6 is 0 Å². The maximum atomic E-state index is 5.66. The smallest absolute Gasteiger partial charge is 0.110 e. The maximum Gasteiger partial charge on any atom is 0.110 e. The minimum Gasteiger partial charge on any atom is -0.375 e. The lowest BCUT2D eigenvalue weighted by Crippen LogP contribution is -2.25. The van der Waals surface area contributed by atoms with Crippen molar-refractivity contribution in [2.24, 2.45) is 0 Å². The van der Waals surface area contributed by atoms with Crippen LogP contribution in [0.15, 0.2) is 0 Å². The third-order valence-electron chi connectivity index (χ3n) is 2.50. The molecule has 2 aliphatic rings. The van der Waals surface area contributed by atoms with Gasteiger partial charge in [0.2, 0.25) is 0 Å². The Morgan fingerprint density at radius 2 is 2.36 bits per heavy atom. The highest BCUT2D eigenvalue weighted by Crippen LogP contribution is 2.38. The van der Waals surface area contributed by atoms with E-state index < -0.39 is 0 Å². The van der Waals surface area contributed by atoms with E-state index >= 15 is 0 Å². The van der Waals surface area contributed by atoms with Crippen LogP contribution in [-0.2, 0) is 9.47 Å². The van der Waals surface area contributed by atoms with Gasteiger partial charge in [0.1, 0.15) is 6.10 Å². The molecule has 1 saturated carbocycles. The molecule has 11 heavy (non-hydrogen) atoms. The highest BCUT2D eigenvalue weighted by Gasteiger charge is 2.47. The maximum absolute atomic E-state index is 5.66. The van der Waals surface area contributed by atoms with Gasteiger partial charge in [-0.25, -0.2) is 0 Å². The Labute approximate surface area is 67.9 Å². The minimum absolute atomic E-state index is 0.425. The van der Waals surface area contributed by atoms with Gasteiger partial charge in [-0.15, -0.1) is 0 Å². The molecule has 2 nitrogen and oxygen atoms in total. The lowest BCUT2D eigenvalue weighted by atomic mass is 9.98. The van der Waals surface area contributed by atoms with Gasteiger partial charge in [-0.2, -0.15) is 0 Å². The van der Waals surface area contributed by atoms with Crippen molar-refractivity contribution in [2.45, 2.75) is 50.9 Å². The van der Waals surface area contributed by atoms with E-state index in [4.69, 9.17) is 9.47 Å². The average Bonchev–Trinajstić information content (AvgIpc) is 2.79. The van der Waals surface area contributed by atoms with Gasteiger partial charge < -0.3 is 9.47 Å². The van der Waals surface area contributed by atoms with Crippen molar-refractivity contribution in [3.63, 3.8) is 0 Å². The van der Waals surface area contributed by atoms with Gasteiger partial charge in [0.15, 0.2) is 0 Å². The summed E-state index contributed by atoms with van der Waals surface area (Å²) in [5.74, 6) is 0. The Hall–Kier alpha value is -0.0800. The zero-order valence-corrected chi connectivity index (χ0v) is 7.08. The molecule has 2 heteroatoms. The third-order valence-corrected chi connectivity index (χ3v) is 2.50. The summed E-state index contributed by atoms with van der Waals surface area (Å²) < 4.78 is 11.1. The summed E-state index contributed by atoms with van der Waals surface area (Å²) in [7, 11) is 0. The minimum atomic E-state index is 0.425. The number of rotatable bonds is 3. The number of fused-ring (bicyclic) bond motifs is 1. The van der Waals surface area contributed by atoms with Crippen LogP contribution in [0.3, 0.4) is 0 Å². The first kappa shape index (κ1) is 7.56. The van der Waals surface area contributed by atoms with Crippen LogP contribution in [0.2, 0.25) is 0 Å². The van der Waals surface area contributed by atoms with Crippen LogP contribution in [0.1, 0.15) is 32.6 Å². The number of epoxide rings is 1. The zero-order valence-electron chi connectivity index (χ0n) is 7.08. The number of ether oxygens (including phenoxy) is 2. The Morgan fingerprint density at radius 3 is 3.18 bits per heavy atom. The van der Waals surface area contributed by atoms with Crippen molar-refractivity contribution in [3.05, 3.63) is 0 Å². The first-order valence-corrected chi connectivity index (χ1v) is 4.69. The molecule has 2 rings (SSSR count). The second kappa shape index (κ2) is 3.11. The van der Waals surface area contributed by atoms with Crippen LogP contribution in [0.4, 0.5) is 0 Å². The van der Waals surface area contributed by atoms with Gasteiger partial charge in [0.25, 0.3) is 0 Å². The standard InChI is InChI=1S/C9H16O2/c1-2-6-10-7-4-3-5-8-9(7)11-8/h7-9H,2-6H2,1H3/t7-,8-,9+/m0/s1. The van der Waals surface area contributed by atoms with Crippen molar-refractivity contribution >= 4 is 0 Å². The summed E-state index contributed by atoms with van der Waals surface area (Å²) in [6, 6.07) is 0. The number of hydrogen-bond donors (Lipinski definition) is 0. The topological polar surface area (TPSA) is 21.8 Å². The monoisotopic (exact) mass is 156 g/mol. The fourth-order valence-electron chi connectivity index (χ4n) is 1.85. The molecule has 0 bridgehead atoms. The molecule has 3 atom stereocenters. The molecule has 64 valence electrons. The van der Waals surface area contributed by atoms with Gasteiger partial charge >= 0.3 is 0 Å². The van der Waals surface area contributed by atoms with E-state index in [9.17, 15) is 0 Å². The normalized spacial score (nSPS) is 41.7. The Bertz CT molecular complexity index is 136. The molecule has 0 unspecified atom stereocenters. The molecule has 1 aliphatic carbocycles. The van der Waals surface area contributed by atoms with E-state index in [-0.39, 0.29) is 0 Å². The molecule has 0 amide bonds. The highest BCUT2D eigenvalue weighted by atomic mass is 16.6. The molecule has 0 aromatic heterocycles. The molecule has 0 aromatic carbocycles. The lowest BCUT2D eigenvalue weighted by Gasteiger charge is -2.18. The average molecular weight is 156 g/mol. The molecule has 0 aromatic rings. The second-order valence-electron chi connectivity index (χ2n) is 3.48. The van der Waals surface area contributed by atoms with Crippen LogP contribution in [0.5, 0.6) is 0 Å². The SMILES string of the molecule is CCCO[C@H]1CCC[C@@H]2O[C@H]12. The van der Waals surface area contributed by atoms with E-state index in [1.54, 1.807) is 0 Å². The van der Waals surface area contributed by atoms with E-state index in [1.807, 2.05) is 0 Å². The summed E-state index contributed by atoms with van der Waals surface area (Å²) >= 11 is 0. The molecule has 0 spiro atoms. The van der Waals surface area contributed by atoms with Crippen molar-refractivity contribution in [1.82, 2.24) is 0 Å². The molecule has 1 aliphatic heterocycles. The Kier molecular flexibility index (Phi) is 2.14. The molecule has 0 radical (unpaired) electrons. The summed E-state index contributed by atoms with van der Waals surface area (Å²) in [6.45, 7) is 3.05. The fraction of sp³-hybridized carbons (Fsp3) is 1.00. The van der Waals surface area contributed by atoms with Gasteiger partial charge in [-0.1, -0.05) is 6.92 Å². The molecule has 1 heterocycles. The largest absolute Gasteiger partial charge is 0.375 e. The van der Waals surface area contributed by atoms with Crippen molar-refractivity contribution < 1.29 is 9.47 Å². The molecular formula is C9H16O2. The first-order valence-electron chi connectivity index (χ1n) is 4.69. The second-order valence-corrected chi connectivity index (χ2v) is 3.48. The van der Waals surface area contributed by atoms with Gasteiger partial charge in [0, 0.05) is 6.61 Å². The quantitative estimate of drug-likeness (QED) is 0.580. The predicted molar refractivity (Wildman–Crippen MR) is 42.5 cm³/mol. The van der Waals surface area contributed by atoms with Gasteiger partial charge in [0.05, 0.1) is 12.2 Å². The fourth-order valence-corrected chi connectivity index (χ4v) is 1.85. The highest BCUT2D eigenvalue weighted by molar-refractivity contribution is 4.95. The summed E-state index contributed by atoms with van der Waals surface area (Å²) in [5, 5.41) is 0. The third kappa shape index (κ3) is 1.57. The van der Waals surface area contributed by atoms with E-state index in [0.717, 1.165) is 13.0 Å². The Balaban J connectivity index is 1.75. The molecule has 0 N–H and O–H groups in total. The molecule has 1 saturated heterocycles. The van der Waals surface area contributed by atoms with E-state index in [0.29, 0.717) is 18.3 Å². The summed E-state index contributed by atoms with van der Waals surface area (Å²) in [5.41, 5.74) is 0. The molecular weight excluding hydrogens is 140 g/mol. The van der Waals surface area contributed by atoms with Crippen LogP contribution in [0.25, 0.3) is 0 Å². The zero-order chi connectivity index (χ0) is 7.68. The van der Waals surface area contributed by atoms with E-state index in [2.05, 4.69) is 6.92 Å². The Morgan fingerprint density at radius 1 is 1.45 bits per heavy atom. The van der Waals surface area contributed by atoms with Crippen molar-refractivity contribution in [1.29, 1.82) is 0 Å². The van der Waals surface area contributed by atoms with Crippen LogP contribution in [0, 0.1) is 0 Å². The van der Waals surface area contributed by atoms with Crippen LogP contribution < -0.4 is 0 Å². The number of hydrogen-bond acceptors (Lipinski definition) is 2. The van der Waals surface area contributed by atoms with Gasteiger partial charge in [-0.05, 0) is 25.7 Å². The van der Waals surface area contributed by atoms with Crippen LogP contribution in [-0.4, -0.2) is 24.9 Å². The lowest BCUT2D eigenvalue weighted by molar-refractivity contribution is 0.0254.